The van der Waals surface area contributed by atoms with Crippen molar-refractivity contribution in [3.05, 3.63) is 48.3 Å². The minimum Gasteiger partial charge on any atom is -0.381 e. The van der Waals surface area contributed by atoms with Gasteiger partial charge in [0.2, 0.25) is 5.91 Å². The largest absolute Gasteiger partial charge is 0.381 e. The quantitative estimate of drug-likeness (QED) is 0.864. The number of carbonyl (C=O) groups is 1. The van der Waals surface area contributed by atoms with Crippen LogP contribution in [0.1, 0.15) is 18.4 Å². The smallest absolute Gasteiger partial charge is 0.241 e. The van der Waals surface area contributed by atoms with Gasteiger partial charge in [-0.05, 0) is 42.5 Å². The number of nitrogens with zero attached hydrogens (tertiary/aromatic N) is 2. The molecule has 1 amide bonds. The number of hydrogen-bond donors (Lipinski definition) is 2. The van der Waals surface area contributed by atoms with Crippen LogP contribution in [0.15, 0.2) is 42.7 Å². The molecule has 1 unspecified atom stereocenters. The van der Waals surface area contributed by atoms with Gasteiger partial charge in [-0.15, -0.1) is 12.4 Å². The monoisotopic (exact) mass is 350 g/mol. The van der Waals surface area contributed by atoms with Crippen LogP contribution in [0.25, 0.3) is 0 Å². The van der Waals surface area contributed by atoms with Crippen molar-refractivity contribution >= 4 is 24.0 Å². The maximum Gasteiger partial charge on any atom is 0.241 e. The van der Waals surface area contributed by atoms with Crippen molar-refractivity contribution in [2.45, 2.75) is 25.4 Å². The number of aromatic nitrogens is 2. The first-order valence-corrected chi connectivity index (χ1v) is 7.93. The van der Waals surface area contributed by atoms with E-state index in [4.69, 9.17) is 10.5 Å². The first kappa shape index (κ1) is 18.4. The van der Waals surface area contributed by atoms with E-state index in [0.29, 0.717) is 19.8 Å². The van der Waals surface area contributed by atoms with Crippen LogP contribution < -0.4 is 11.1 Å². The Bertz CT molecular complexity index is 625. The van der Waals surface area contributed by atoms with Gasteiger partial charge in [-0.1, -0.05) is 12.1 Å². The summed E-state index contributed by atoms with van der Waals surface area (Å²) in [6.45, 7) is 2.09. The maximum absolute atomic E-state index is 12.3. The van der Waals surface area contributed by atoms with Gasteiger partial charge in [0.25, 0.3) is 0 Å². The lowest BCUT2D eigenvalue weighted by Gasteiger charge is -2.26. The molecule has 1 aromatic heterocycles. The van der Waals surface area contributed by atoms with Gasteiger partial charge in [-0.3, -0.25) is 9.48 Å². The Hall–Kier alpha value is -1.89. The van der Waals surface area contributed by atoms with Gasteiger partial charge in [0.15, 0.2) is 0 Å². The Morgan fingerprint density at radius 3 is 2.67 bits per heavy atom. The molecule has 130 valence electrons. The zero-order valence-corrected chi connectivity index (χ0v) is 14.2. The highest BCUT2D eigenvalue weighted by atomic mass is 35.5. The Labute approximate surface area is 147 Å². The molecule has 0 radical (unpaired) electrons. The number of halogens is 1. The summed E-state index contributed by atoms with van der Waals surface area (Å²) in [5.41, 5.74) is 7.97. The number of amides is 1. The number of anilines is 1. The molecule has 24 heavy (non-hydrogen) atoms. The molecule has 1 fully saturated rings. The number of carbonyl (C=O) groups excluding carboxylic acids is 1. The van der Waals surface area contributed by atoms with E-state index in [0.717, 1.165) is 24.1 Å². The molecule has 2 heterocycles. The lowest BCUT2D eigenvalue weighted by Crippen LogP contribution is -2.43. The number of nitrogens with two attached hydrogens (primary N) is 1. The molecule has 2 aromatic rings. The Kier molecular flexibility index (Phi) is 6.78. The average Bonchev–Trinajstić information content (AvgIpc) is 3.10. The van der Waals surface area contributed by atoms with Gasteiger partial charge in [-0.25, -0.2) is 0 Å². The van der Waals surface area contributed by atoms with Crippen LogP contribution in [0.5, 0.6) is 0 Å². The number of ether oxygens (including phenoxy) is 1. The minimum atomic E-state index is -0.484. The summed E-state index contributed by atoms with van der Waals surface area (Å²) in [4.78, 5) is 12.3. The fourth-order valence-corrected chi connectivity index (χ4v) is 2.79. The summed E-state index contributed by atoms with van der Waals surface area (Å²) in [6.07, 6.45) is 5.36. The van der Waals surface area contributed by atoms with E-state index < -0.39 is 6.04 Å². The van der Waals surface area contributed by atoms with Crippen molar-refractivity contribution in [2.75, 3.05) is 18.5 Å². The number of hydrogen-bond acceptors (Lipinski definition) is 4. The molecule has 0 aliphatic carbocycles. The van der Waals surface area contributed by atoms with Crippen molar-refractivity contribution < 1.29 is 9.53 Å². The molecule has 1 saturated heterocycles. The first-order valence-electron chi connectivity index (χ1n) is 7.93. The van der Waals surface area contributed by atoms with E-state index in [9.17, 15) is 4.79 Å². The van der Waals surface area contributed by atoms with E-state index in [-0.39, 0.29) is 24.2 Å². The lowest BCUT2D eigenvalue weighted by molar-refractivity contribution is -0.119. The van der Waals surface area contributed by atoms with E-state index in [2.05, 4.69) is 10.4 Å². The van der Waals surface area contributed by atoms with Crippen molar-refractivity contribution in [2.24, 2.45) is 11.7 Å². The van der Waals surface area contributed by atoms with Crippen LogP contribution in [0.2, 0.25) is 0 Å². The summed E-state index contributed by atoms with van der Waals surface area (Å²) >= 11 is 0. The molecule has 1 atom stereocenters. The van der Waals surface area contributed by atoms with Gasteiger partial charge in [0, 0.05) is 31.3 Å². The number of rotatable bonds is 5. The first-order chi connectivity index (χ1) is 11.2. The van der Waals surface area contributed by atoms with Crippen molar-refractivity contribution in [1.82, 2.24) is 9.78 Å². The molecule has 1 aliphatic heterocycles. The predicted octanol–water partition coefficient (Wildman–Crippen LogP) is 2.05. The van der Waals surface area contributed by atoms with Crippen LogP contribution in [-0.2, 0) is 16.1 Å². The second-order valence-electron chi connectivity index (χ2n) is 5.87. The van der Waals surface area contributed by atoms with Crippen LogP contribution in [-0.4, -0.2) is 34.9 Å². The Balaban J connectivity index is 0.00000208. The highest BCUT2D eigenvalue weighted by Gasteiger charge is 2.26. The Morgan fingerprint density at radius 1 is 1.33 bits per heavy atom. The molecule has 7 heteroatoms. The summed E-state index contributed by atoms with van der Waals surface area (Å²) in [5, 5.41) is 7.08. The van der Waals surface area contributed by atoms with Crippen LogP contribution >= 0.6 is 12.4 Å². The van der Waals surface area contributed by atoms with Gasteiger partial charge in [0.1, 0.15) is 0 Å². The minimum absolute atomic E-state index is 0. The molecular weight excluding hydrogens is 328 g/mol. The third kappa shape index (κ3) is 4.80. The van der Waals surface area contributed by atoms with E-state index in [1.165, 1.54) is 0 Å². The molecule has 1 aliphatic rings. The fraction of sp³-hybridized carbons (Fsp3) is 0.412. The molecule has 0 saturated carbocycles. The average molecular weight is 351 g/mol. The SMILES string of the molecule is Cl.NC(C(=O)Nc1ccc(Cn2cccn2)cc1)C1CCOCC1. The molecule has 6 nitrogen and oxygen atoms in total. The van der Waals surface area contributed by atoms with Gasteiger partial charge in [0.05, 0.1) is 12.6 Å². The second kappa shape index (κ2) is 8.82. The third-order valence-corrected chi connectivity index (χ3v) is 4.20. The zero-order valence-electron chi connectivity index (χ0n) is 13.4. The van der Waals surface area contributed by atoms with E-state index in [1.807, 2.05) is 41.2 Å². The molecule has 0 bridgehead atoms. The van der Waals surface area contributed by atoms with E-state index in [1.54, 1.807) is 6.20 Å². The van der Waals surface area contributed by atoms with Crippen molar-refractivity contribution in [3.63, 3.8) is 0 Å². The molecule has 1 aromatic carbocycles. The summed E-state index contributed by atoms with van der Waals surface area (Å²) in [7, 11) is 0. The summed E-state index contributed by atoms with van der Waals surface area (Å²) in [5.74, 6) is 0.0690. The van der Waals surface area contributed by atoms with Crippen molar-refractivity contribution in [3.8, 4) is 0 Å². The van der Waals surface area contributed by atoms with Crippen LogP contribution in [0.3, 0.4) is 0 Å². The molecule has 3 rings (SSSR count). The predicted molar refractivity (Wildman–Crippen MR) is 95.2 cm³/mol. The van der Waals surface area contributed by atoms with Crippen LogP contribution in [0, 0.1) is 5.92 Å². The maximum atomic E-state index is 12.3. The standard InChI is InChI=1S/C17H22N4O2.ClH/c18-16(14-6-10-23-11-7-14)17(22)20-15-4-2-13(3-5-15)12-21-9-1-8-19-21;/h1-5,8-9,14,16H,6-7,10-12,18H2,(H,20,22);1H. The molecule has 0 spiro atoms. The highest BCUT2D eigenvalue weighted by molar-refractivity contribution is 5.94. The number of benzene rings is 1. The molecular formula is C17H23ClN4O2. The van der Waals surface area contributed by atoms with Gasteiger partial charge in [-0.2, -0.15) is 5.10 Å². The van der Waals surface area contributed by atoms with Crippen LogP contribution in [0.4, 0.5) is 5.69 Å². The Morgan fingerprint density at radius 2 is 2.04 bits per heavy atom. The van der Waals surface area contributed by atoms with E-state index >= 15 is 0 Å². The highest BCUT2D eigenvalue weighted by Crippen LogP contribution is 2.19. The summed E-state index contributed by atoms with van der Waals surface area (Å²) in [6, 6.07) is 9.17. The fourth-order valence-electron chi connectivity index (χ4n) is 2.79. The normalized spacial score (nSPS) is 16.2. The third-order valence-electron chi connectivity index (χ3n) is 4.20. The topological polar surface area (TPSA) is 82.2 Å². The molecule has 3 N–H and O–H groups in total. The van der Waals surface area contributed by atoms with Crippen molar-refractivity contribution in [1.29, 1.82) is 0 Å². The second-order valence-corrected chi connectivity index (χ2v) is 5.87. The summed E-state index contributed by atoms with van der Waals surface area (Å²) < 4.78 is 7.17. The zero-order chi connectivity index (χ0) is 16.1. The van der Waals surface area contributed by atoms with Gasteiger partial charge >= 0.3 is 0 Å². The number of nitrogens with one attached hydrogen (secondary N) is 1. The lowest BCUT2D eigenvalue weighted by atomic mass is 9.92. The van der Waals surface area contributed by atoms with Gasteiger partial charge < -0.3 is 15.8 Å².